The number of carbonyl (C=O) groups excluding carboxylic acids is 2. The lowest BCUT2D eigenvalue weighted by molar-refractivity contribution is -0.129. The molecule has 2 amide bonds. The van der Waals surface area contributed by atoms with Gasteiger partial charge >= 0.3 is 0 Å². The van der Waals surface area contributed by atoms with Crippen LogP contribution in [0.2, 0.25) is 0 Å². The average molecular weight is 564 g/mol. The van der Waals surface area contributed by atoms with E-state index < -0.39 is 0 Å². The average Bonchev–Trinajstić information content (AvgIpc) is 2.94. The van der Waals surface area contributed by atoms with Crippen LogP contribution in [0.4, 0.5) is 5.69 Å². The summed E-state index contributed by atoms with van der Waals surface area (Å²) in [6.45, 7) is 10.0. The van der Waals surface area contributed by atoms with E-state index in [1.807, 2.05) is 31.3 Å². The third-order valence-corrected chi connectivity index (χ3v) is 9.18. The van der Waals surface area contributed by atoms with E-state index in [1.54, 1.807) is 7.11 Å². The van der Waals surface area contributed by atoms with Gasteiger partial charge in [0.15, 0.2) is 0 Å². The van der Waals surface area contributed by atoms with Crippen molar-refractivity contribution in [2.45, 2.75) is 84.5 Å². The topological polar surface area (TPSA) is 86.8 Å². The maximum absolute atomic E-state index is 13.8. The van der Waals surface area contributed by atoms with Crippen molar-refractivity contribution in [2.75, 3.05) is 39.2 Å². The Morgan fingerprint density at radius 1 is 1.10 bits per heavy atom. The van der Waals surface area contributed by atoms with Crippen molar-refractivity contribution in [3.05, 3.63) is 47.3 Å². The maximum Gasteiger partial charge on any atom is 0.251 e. The van der Waals surface area contributed by atoms with Gasteiger partial charge in [-0.05, 0) is 102 Å². The van der Waals surface area contributed by atoms with Gasteiger partial charge < -0.3 is 25.2 Å². The summed E-state index contributed by atoms with van der Waals surface area (Å²) in [5, 5.41) is 6.16. The van der Waals surface area contributed by atoms with Crippen molar-refractivity contribution in [2.24, 2.45) is 11.8 Å². The van der Waals surface area contributed by atoms with Gasteiger partial charge in [-0.1, -0.05) is 13.0 Å². The quantitative estimate of drug-likeness (QED) is 0.432. The fourth-order valence-corrected chi connectivity index (χ4v) is 6.72. The molecule has 2 N–H and O–H groups in total. The number of pyridine rings is 1. The maximum atomic E-state index is 13.8. The molecule has 2 heterocycles. The summed E-state index contributed by atoms with van der Waals surface area (Å²) in [5.74, 6) is -0.128. The predicted molar refractivity (Wildman–Crippen MR) is 165 cm³/mol. The number of nitrogens with zero attached hydrogens (tertiary/aromatic N) is 3. The van der Waals surface area contributed by atoms with E-state index in [4.69, 9.17) is 4.74 Å². The summed E-state index contributed by atoms with van der Waals surface area (Å²) in [6.07, 6.45) is 7.37. The fourth-order valence-electron chi connectivity index (χ4n) is 6.72. The normalized spacial score (nSPS) is 24.7. The summed E-state index contributed by atoms with van der Waals surface area (Å²) in [4.78, 5) is 35.9. The molecule has 8 nitrogen and oxygen atoms in total. The molecule has 1 aliphatic carbocycles. The number of hydrogen-bond acceptors (Lipinski definition) is 6. The fraction of sp³-hybridized carbons (Fsp3) is 0.606. The molecule has 1 saturated heterocycles. The van der Waals surface area contributed by atoms with Crippen molar-refractivity contribution in [3.8, 4) is 11.1 Å². The smallest absolute Gasteiger partial charge is 0.251 e. The van der Waals surface area contributed by atoms with Gasteiger partial charge in [0.25, 0.3) is 5.91 Å². The van der Waals surface area contributed by atoms with Gasteiger partial charge in [-0.25, -0.2) is 0 Å². The number of carbonyl (C=O) groups is 2. The molecule has 1 aliphatic heterocycles. The SMILES string of the molecule is CCN(c1cc(-c2ccc(COC)nc2)cc(C(=O)NCC2C(=O)NC(C)CC2C)c1C)C1CCC(N(C)C)CC1. The van der Waals surface area contributed by atoms with E-state index in [9.17, 15) is 9.59 Å². The first-order valence-corrected chi connectivity index (χ1v) is 15.2. The van der Waals surface area contributed by atoms with Crippen LogP contribution in [-0.4, -0.2) is 74.1 Å². The first-order valence-electron chi connectivity index (χ1n) is 15.2. The molecule has 1 saturated carbocycles. The van der Waals surface area contributed by atoms with E-state index in [0.29, 0.717) is 30.8 Å². The number of aromatic nitrogens is 1. The standard InChI is InChI=1S/C33H49N5O3/c1-8-38(28-13-11-27(12-14-28)37(5)6)31-17-25(24-9-10-26(20-41-7)34-18-24)16-29(23(31)4)32(39)35-19-30-21(2)15-22(3)36-33(30)40/h9-10,16-18,21-22,27-28,30H,8,11-15,19-20H2,1-7H3,(H,35,39)(H,36,40). The summed E-state index contributed by atoms with van der Waals surface area (Å²) in [6, 6.07) is 9.44. The van der Waals surface area contributed by atoms with Crippen molar-refractivity contribution in [3.63, 3.8) is 0 Å². The summed E-state index contributed by atoms with van der Waals surface area (Å²) >= 11 is 0. The highest BCUT2D eigenvalue weighted by molar-refractivity contribution is 5.99. The Morgan fingerprint density at radius 3 is 2.39 bits per heavy atom. The van der Waals surface area contributed by atoms with Crippen LogP contribution >= 0.6 is 0 Å². The second kappa shape index (κ2) is 13.8. The van der Waals surface area contributed by atoms with Crippen molar-refractivity contribution < 1.29 is 14.3 Å². The van der Waals surface area contributed by atoms with Gasteiger partial charge in [0.2, 0.25) is 5.91 Å². The third kappa shape index (κ3) is 7.28. The molecule has 224 valence electrons. The summed E-state index contributed by atoms with van der Waals surface area (Å²) in [7, 11) is 6.01. The highest BCUT2D eigenvalue weighted by Gasteiger charge is 2.33. The Balaban J connectivity index is 1.65. The molecule has 0 bridgehead atoms. The third-order valence-electron chi connectivity index (χ3n) is 9.18. The Hall–Kier alpha value is -2.97. The molecule has 0 spiro atoms. The lowest BCUT2D eigenvalue weighted by Gasteiger charge is -2.40. The van der Waals surface area contributed by atoms with Crippen molar-refractivity contribution in [1.29, 1.82) is 0 Å². The molecule has 1 aromatic heterocycles. The van der Waals surface area contributed by atoms with Gasteiger partial charge in [0.05, 0.1) is 18.2 Å². The number of nitrogens with one attached hydrogen (secondary N) is 2. The van der Waals surface area contributed by atoms with Crippen LogP contribution in [-0.2, 0) is 16.1 Å². The Morgan fingerprint density at radius 2 is 1.80 bits per heavy atom. The molecule has 3 atom stereocenters. The van der Waals surface area contributed by atoms with Gasteiger partial charge in [-0.15, -0.1) is 0 Å². The summed E-state index contributed by atoms with van der Waals surface area (Å²) in [5.41, 5.74) is 5.51. The zero-order valence-electron chi connectivity index (χ0n) is 26.0. The van der Waals surface area contributed by atoms with E-state index in [-0.39, 0.29) is 29.7 Å². The van der Waals surface area contributed by atoms with E-state index in [0.717, 1.165) is 53.9 Å². The minimum absolute atomic E-state index is 0.0235. The Labute approximate surface area is 246 Å². The highest BCUT2D eigenvalue weighted by Crippen LogP contribution is 2.35. The molecule has 1 aromatic carbocycles. The molecule has 2 fully saturated rings. The van der Waals surface area contributed by atoms with Crippen molar-refractivity contribution in [1.82, 2.24) is 20.5 Å². The van der Waals surface area contributed by atoms with Crippen LogP contribution in [0.1, 0.15) is 74.5 Å². The number of hydrogen-bond donors (Lipinski definition) is 2. The first kappa shape index (κ1) is 31.0. The monoisotopic (exact) mass is 563 g/mol. The molecule has 41 heavy (non-hydrogen) atoms. The van der Waals surface area contributed by atoms with Crippen LogP contribution in [0.5, 0.6) is 0 Å². The van der Waals surface area contributed by atoms with E-state index >= 15 is 0 Å². The van der Waals surface area contributed by atoms with Crippen LogP contribution in [0.3, 0.4) is 0 Å². The molecule has 8 heteroatoms. The van der Waals surface area contributed by atoms with Crippen LogP contribution in [0.25, 0.3) is 11.1 Å². The Kier molecular flexibility index (Phi) is 10.4. The number of benzene rings is 1. The van der Waals surface area contributed by atoms with Crippen LogP contribution in [0.15, 0.2) is 30.5 Å². The van der Waals surface area contributed by atoms with Gasteiger partial charge in [-0.2, -0.15) is 0 Å². The lowest BCUT2D eigenvalue weighted by Crippen LogP contribution is -2.50. The van der Waals surface area contributed by atoms with Gasteiger partial charge in [0.1, 0.15) is 0 Å². The molecule has 3 unspecified atom stereocenters. The predicted octanol–water partition coefficient (Wildman–Crippen LogP) is 4.79. The minimum Gasteiger partial charge on any atom is -0.378 e. The lowest BCUT2D eigenvalue weighted by atomic mass is 9.84. The number of anilines is 1. The van der Waals surface area contributed by atoms with Crippen molar-refractivity contribution >= 4 is 17.5 Å². The highest BCUT2D eigenvalue weighted by atomic mass is 16.5. The number of rotatable bonds is 10. The number of amides is 2. The van der Waals surface area contributed by atoms with Gasteiger partial charge in [-0.3, -0.25) is 14.6 Å². The first-order chi connectivity index (χ1) is 19.6. The largest absolute Gasteiger partial charge is 0.378 e. The van der Waals surface area contributed by atoms with E-state index in [1.165, 1.54) is 12.8 Å². The Bertz CT molecular complexity index is 1190. The molecule has 0 radical (unpaired) electrons. The van der Waals surface area contributed by atoms with E-state index in [2.05, 4.69) is 66.4 Å². The minimum atomic E-state index is -0.227. The molecule has 2 aliphatic rings. The second-order valence-electron chi connectivity index (χ2n) is 12.3. The number of methoxy groups -OCH3 is 1. The molecule has 4 rings (SSSR count). The zero-order valence-corrected chi connectivity index (χ0v) is 26.0. The number of piperidine rings is 1. The molecular weight excluding hydrogens is 514 g/mol. The van der Waals surface area contributed by atoms with Crippen LogP contribution < -0.4 is 15.5 Å². The number of ether oxygens (including phenoxy) is 1. The second-order valence-corrected chi connectivity index (χ2v) is 12.3. The molecular formula is C33H49N5O3. The summed E-state index contributed by atoms with van der Waals surface area (Å²) < 4.78 is 5.24. The van der Waals surface area contributed by atoms with Gasteiger partial charge in [0, 0.05) is 61.3 Å². The molecule has 2 aromatic rings. The van der Waals surface area contributed by atoms with Crippen LogP contribution in [0, 0.1) is 18.8 Å². The zero-order chi connectivity index (χ0) is 29.7.